The number of benzene rings is 1. The van der Waals surface area contributed by atoms with Crippen LogP contribution in [0.25, 0.3) is 0 Å². The Bertz CT molecular complexity index is 436. The standard InChI is InChI=1S/C12H12ClFO3/c1-2-16-12-9(15)6-11(12)17-10-4-3-7(14)5-8(10)13/h3-5,11-12H,2,6H2,1H3. The molecule has 3 nitrogen and oxygen atoms in total. The monoisotopic (exact) mass is 258 g/mol. The summed E-state index contributed by atoms with van der Waals surface area (Å²) in [4.78, 5) is 11.3. The first-order valence-corrected chi connectivity index (χ1v) is 5.75. The Morgan fingerprint density at radius 3 is 2.88 bits per heavy atom. The van der Waals surface area contributed by atoms with E-state index < -0.39 is 11.9 Å². The Kier molecular flexibility index (Phi) is 3.64. The van der Waals surface area contributed by atoms with Crippen molar-refractivity contribution in [3.8, 4) is 5.75 Å². The molecule has 0 saturated heterocycles. The van der Waals surface area contributed by atoms with Crippen molar-refractivity contribution in [2.45, 2.75) is 25.6 Å². The maximum absolute atomic E-state index is 12.8. The van der Waals surface area contributed by atoms with Crippen LogP contribution in [0, 0.1) is 5.82 Å². The zero-order valence-corrected chi connectivity index (χ0v) is 10.0. The fraction of sp³-hybridized carbons (Fsp3) is 0.417. The van der Waals surface area contributed by atoms with Crippen molar-refractivity contribution in [1.82, 2.24) is 0 Å². The highest BCUT2D eigenvalue weighted by molar-refractivity contribution is 6.32. The highest BCUT2D eigenvalue weighted by atomic mass is 35.5. The second-order valence-electron chi connectivity index (χ2n) is 3.78. The molecule has 2 unspecified atom stereocenters. The van der Waals surface area contributed by atoms with Gasteiger partial charge in [0.2, 0.25) is 0 Å². The minimum atomic E-state index is -0.527. The van der Waals surface area contributed by atoms with Crippen LogP contribution in [0.1, 0.15) is 13.3 Å². The van der Waals surface area contributed by atoms with Crippen LogP contribution >= 0.6 is 11.6 Å². The van der Waals surface area contributed by atoms with Gasteiger partial charge in [0.1, 0.15) is 17.7 Å². The number of ketones is 1. The third kappa shape index (κ3) is 2.58. The lowest BCUT2D eigenvalue weighted by Crippen LogP contribution is -2.52. The van der Waals surface area contributed by atoms with Gasteiger partial charge in [-0.05, 0) is 25.1 Å². The first-order chi connectivity index (χ1) is 8.11. The van der Waals surface area contributed by atoms with Crippen LogP contribution in [0.2, 0.25) is 5.02 Å². The highest BCUT2D eigenvalue weighted by Gasteiger charge is 2.42. The van der Waals surface area contributed by atoms with E-state index in [-0.39, 0.29) is 16.9 Å². The van der Waals surface area contributed by atoms with Gasteiger partial charge in [-0.1, -0.05) is 11.6 Å². The third-order valence-corrected chi connectivity index (χ3v) is 2.87. The van der Waals surface area contributed by atoms with Crippen LogP contribution in [0.3, 0.4) is 0 Å². The van der Waals surface area contributed by atoms with Crippen LogP contribution < -0.4 is 4.74 Å². The van der Waals surface area contributed by atoms with Gasteiger partial charge in [-0.3, -0.25) is 4.79 Å². The molecule has 1 saturated carbocycles. The maximum Gasteiger partial charge on any atom is 0.169 e. The zero-order chi connectivity index (χ0) is 12.4. The maximum atomic E-state index is 12.8. The molecular weight excluding hydrogens is 247 g/mol. The van der Waals surface area contributed by atoms with Crippen LogP contribution in [0.4, 0.5) is 4.39 Å². The van der Waals surface area contributed by atoms with Gasteiger partial charge in [0, 0.05) is 13.0 Å². The SMILES string of the molecule is CCOC1C(=O)CC1Oc1ccc(F)cc1Cl. The fourth-order valence-electron chi connectivity index (χ4n) is 1.69. The molecule has 1 aromatic carbocycles. The number of ether oxygens (including phenoxy) is 2. The number of carbonyl (C=O) groups is 1. The topological polar surface area (TPSA) is 35.5 Å². The Hall–Kier alpha value is -1.13. The summed E-state index contributed by atoms with van der Waals surface area (Å²) in [6.07, 6.45) is -0.551. The van der Waals surface area contributed by atoms with Gasteiger partial charge in [0.15, 0.2) is 11.9 Å². The van der Waals surface area contributed by atoms with Crippen molar-refractivity contribution in [3.05, 3.63) is 29.0 Å². The van der Waals surface area contributed by atoms with Gasteiger partial charge in [0.25, 0.3) is 0 Å². The molecule has 1 aliphatic rings. The summed E-state index contributed by atoms with van der Waals surface area (Å²) in [6, 6.07) is 3.88. The quantitative estimate of drug-likeness (QED) is 0.833. The van der Waals surface area contributed by atoms with Gasteiger partial charge >= 0.3 is 0 Å². The number of Topliss-reactive ketones (excluding diaryl/α,β-unsaturated/α-hetero) is 1. The smallest absolute Gasteiger partial charge is 0.169 e. The van der Waals surface area contributed by atoms with Gasteiger partial charge in [-0.2, -0.15) is 0 Å². The summed E-state index contributed by atoms with van der Waals surface area (Å²) in [5, 5.41) is 0.194. The van der Waals surface area contributed by atoms with Gasteiger partial charge in [0.05, 0.1) is 5.02 Å². The first kappa shape index (κ1) is 12.3. The Balaban J connectivity index is 2.04. The molecule has 17 heavy (non-hydrogen) atoms. The molecule has 0 bridgehead atoms. The van der Waals surface area contributed by atoms with Crippen LogP contribution in [-0.4, -0.2) is 24.6 Å². The number of hydrogen-bond acceptors (Lipinski definition) is 3. The normalized spacial score (nSPS) is 23.4. The summed E-state index contributed by atoms with van der Waals surface area (Å²) >= 11 is 5.83. The summed E-state index contributed by atoms with van der Waals surface area (Å²) < 4.78 is 23.6. The number of rotatable bonds is 4. The van der Waals surface area contributed by atoms with E-state index in [1.54, 1.807) is 0 Å². The molecule has 0 N–H and O–H groups in total. The molecule has 1 aromatic rings. The third-order valence-electron chi connectivity index (χ3n) is 2.58. The summed E-state index contributed by atoms with van der Waals surface area (Å²) in [7, 11) is 0. The lowest BCUT2D eigenvalue weighted by Gasteiger charge is -2.34. The lowest BCUT2D eigenvalue weighted by molar-refractivity contribution is -0.154. The average Bonchev–Trinajstić information content (AvgIpc) is 2.28. The molecular formula is C12H12ClFO3. The van der Waals surface area contributed by atoms with Crippen molar-refractivity contribution in [2.24, 2.45) is 0 Å². The van der Waals surface area contributed by atoms with Crippen LogP contribution in [-0.2, 0) is 9.53 Å². The van der Waals surface area contributed by atoms with Crippen molar-refractivity contribution < 1.29 is 18.7 Å². The molecule has 0 aliphatic heterocycles. The van der Waals surface area contributed by atoms with Crippen LogP contribution in [0.5, 0.6) is 5.75 Å². The van der Waals surface area contributed by atoms with E-state index in [1.165, 1.54) is 18.2 Å². The van der Waals surface area contributed by atoms with E-state index >= 15 is 0 Å². The van der Waals surface area contributed by atoms with Crippen molar-refractivity contribution in [1.29, 1.82) is 0 Å². The Morgan fingerprint density at radius 1 is 1.53 bits per heavy atom. The van der Waals surface area contributed by atoms with Crippen molar-refractivity contribution in [2.75, 3.05) is 6.61 Å². The van der Waals surface area contributed by atoms with Gasteiger partial charge in [-0.15, -0.1) is 0 Å². The molecule has 0 heterocycles. The van der Waals surface area contributed by atoms with Crippen molar-refractivity contribution in [3.63, 3.8) is 0 Å². The van der Waals surface area contributed by atoms with E-state index in [0.717, 1.165) is 0 Å². The minimum absolute atomic E-state index is 0.0232. The van der Waals surface area contributed by atoms with E-state index in [9.17, 15) is 9.18 Å². The molecule has 2 rings (SSSR count). The van der Waals surface area contributed by atoms with Crippen LogP contribution in [0.15, 0.2) is 18.2 Å². The molecule has 0 spiro atoms. The molecule has 1 aliphatic carbocycles. The Morgan fingerprint density at radius 2 is 2.29 bits per heavy atom. The summed E-state index contributed by atoms with van der Waals surface area (Å²) in [5.41, 5.74) is 0. The lowest BCUT2D eigenvalue weighted by atomic mass is 9.90. The van der Waals surface area contributed by atoms with Gasteiger partial charge in [-0.25, -0.2) is 4.39 Å². The molecule has 92 valence electrons. The van der Waals surface area contributed by atoms with E-state index in [4.69, 9.17) is 21.1 Å². The largest absolute Gasteiger partial charge is 0.485 e. The predicted octanol–water partition coefficient (Wildman–Crippen LogP) is 2.60. The summed E-state index contributed by atoms with van der Waals surface area (Å²) in [6.45, 7) is 2.26. The molecule has 0 aromatic heterocycles. The highest BCUT2D eigenvalue weighted by Crippen LogP contribution is 2.31. The van der Waals surface area contributed by atoms with Crippen molar-refractivity contribution >= 4 is 17.4 Å². The summed E-state index contributed by atoms with van der Waals surface area (Å²) in [5.74, 6) is -0.0289. The Labute approximate surface area is 103 Å². The molecule has 5 heteroatoms. The zero-order valence-electron chi connectivity index (χ0n) is 9.28. The first-order valence-electron chi connectivity index (χ1n) is 5.38. The number of halogens is 2. The van der Waals surface area contributed by atoms with E-state index in [2.05, 4.69) is 0 Å². The molecule has 0 amide bonds. The van der Waals surface area contributed by atoms with E-state index in [0.29, 0.717) is 18.8 Å². The predicted molar refractivity (Wildman–Crippen MR) is 60.9 cm³/mol. The minimum Gasteiger partial charge on any atom is -0.485 e. The molecule has 0 radical (unpaired) electrons. The number of hydrogen-bond donors (Lipinski definition) is 0. The second kappa shape index (κ2) is 5.02. The average molecular weight is 259 g/mol. The fourth-order valence-corrected chi connectivity index (χ4v) is 1.90. The molecule has 2 atom stereocenters. The van der Waals surface area contributed by atoms with Gasteiger partial charge < -0.3 is 9.47 Å². The van der Waals surface area contributed by atoms with E-state index in [1.807, 2.05) is 6.92 Å². The molecule has 1 fully saturated rings. The number of carbonyl (C=O) groups excluding carboxylic acids is 1. The second-order valence-corrected chi connectivity index (χ2v) is 4.18.